The highest BCUT2D eigenvalue weighted by Crippen LogP contribution is 2.36. The Morgan fingerprint density at radius 3 is 2.74 bits per heavy atom. The van der Waals surface area contributed by atoms with Crippen molar-refractivity contribution in [2.45, 2.75) is 37.6 Å². The van der Waals surface area contributed by atoms with Crippen LogP contribution < -0.4 is 15.4 Å². The minimum absolute atomic E-state index is 0.0560. The van der Waals surface area contributed by atoms with Crippen LogP contribution in [-0.2, 0) is 19.6 Å². The molecule has 0 spiro atoms. The first-order chi connectivity index (χ1) is 14.7. The summed E-state index contributed by atoms with van der Waals surface area (Å²) in [5, 5.41) is 5.96. The van der Waals surface area contributed by atoms with E-state index in [0.29, 0.717) is 40.6 Å². The Balaban J connectivity index is 1.61. The van der Waals surface area contributed by atoms with Gasteiger partial charge < -0.3 is 15.4 Å². The molecule has 10 heteroatoms. The Morgan fingerprint density at radius 1 is 1.23 bits per heavy atom. The number of anilines is 2. The summed E-state index contributed by atoms with van der Waals surface area (Å²) in [6.45, 7) is 3.56. The van der Waals surface area contributed by atoms with Gasteiger partial charge in [0.25, 0.3) is 5.91 Å². The second-order valence-electron chi connectivity index (χ2n) is 7.68. The summed E-state index contributed by atoms with van der Waals surface area (Å²) in [7, 11) is -3.96. The summed E-state index contributed by atoms with van der Waals surface area (Å²) >= 11 is 6.13. The number of aryl methyl sites for hydroxylation is 2. The molecule has 164 valence electrons. The Bertz CT molecular complexity index is 1180. The Morgan fingerprint density at radius 2 is 2.00 bits per heavy atom. The minimum Gasteiger partial charge on any atom is -0.482 e. The number of ether oxygens (including phenoxy) is 1. The number of carbonyl (C=O) groups is 2. The first-order valence-corrected chi connectivity index (χ1v) is 11.6. The number of rotatable bonds is 4. The van der Waals surface area contributed by atoms with E-state index < -0.39 is 22.0 Å². The van der Waals surface area contributed by atoms with E-state index in [-0.39, 0.29) is 24.0 Å². The fraction of sp³-hybridized carbons (Fsp3) is 0.333. The molecule has 8 nitrogen and oxygen atoms in total. The lowest BCUT2D eigenvalue weighted by molar-refractivity contribution is -0.119. The number of halogens is 1. The van der Waals surface area contributed by atoms with Crippen LogP contribution in [0.1, 0.15) is 24.0 Å². The molecule has 0 saturated carbocycles. The lowest BCUT2D eigenvalue weighted by atomic mass is 10.2. The fourth-order valence-electron chi connectivity index (χ4n) is 3.81. The summed E-state index contributed by atoms with van der Waals surface area (Å²) < 4.78 is 33.5. The van der Waals surface area contributed by atoms with E-state index in [4.69, 9.17) is 16.3 Å². The maximum absolute atomic E-state index is 13.5. The second kappa shape index (κ2) is 8.14. The zero-order valence-corrected chi connectivity index (χ0v) is 18.6. The molecule has 2 amide bonds. The van der Waals surface area contributed by atoms with Crippen molar-refractivity contribution in [2.75, 3.05) is 23.8 Å². The molecule has 0 aromatic heterocycles. The second-order valence-corrected chi connectivity index (χ2v) is 9.94. The Kier molecular flexibility index (Phi) is 5.67. The van der Waals surface area contributed by atoms with Crippen molar-refractivity contribution in [2.24, 2.45) is 0 Å². The topological polar surface area (TPSA) is 105 Å². The molecule has 2 aliphatic heterocycles. The van der Waals surface area contributed by atoms with Gasteiger partial charge in [0.15, 0.2) is 6.61 Å². The lowest BCUT2D eigenvalue weighted by Crippen LogP contribution is -2.43. The monoisotopic (exact) mass is 463 g/mol. The van der Waals surface area contributed by atoms with Crippen LogP contribution in [0, 0.1) is 13.8 Å². The normalized spacial score (nSPS) is 18.8. The highest BCUT2D eigenvalue weighted by atomic mass is 35.5. The maximum atomic E-state index is 13.5. The number of amides is 2. The van der Waals surface area contributed by atoms with Crippen LogP contribution >= 0.6 is 11.6 Å². The van der Waals surface area contributed by atoms with E-state index in [1.54, 1.807) is 31.2 Å². The van der Waals surface area contributed by atoms with Crippen molar-refractivity contribution in [1.82, 2.24) is 4.31 Å². The number of benzene rings is 2. The van der Waals surface area contributed by atoms with Gasteiger partial charge in [-0.3, -0.25) is 9.59 Å². The number of sulfonamides is 1. The van der Waals surface area contributed by atoms with Crippen LogP contribution in [0.5, 0.6) is 5.75 Å². The molecule has 1 fully saturated rings. The van der Waals surface area contributed by atoms with Crippen molar-refractivity contribution >= 4 is 44.8 Å². The van der Waals surface area contributed by atoms with Crippen LogP contribution in [0.15, 0.2) is 35.2 Å². The third kappa shape index (κ3) is 4.13. The van der Waals surface area contributed by atoms with Crippen molar-refractivity contribution in [3.05, 3.63) is 46.5 Å². The number of fused-ring (bicyclic) bond motifs is 1. The van der Waals surface area contributed by atoms with Crippen molar-refractivity contribution < 1.29 is 22.7 Å². The predicted octanol–water partition coefficient (Wildman–Crippen LogP) is 3.08. The molecular formula is C21H22ClN3O5S. The Hall–Kier alpha value is -2.62. The smallest absolute Gasteiger partial charge is 0.262 e. The van der Waals surface area contributed by atoms with Crippen LogP contribution in [0.25, 0.3) is 0 Å². The van der Waals surface area contributed by atoms with E-state index in [0.717, 1.165) is 5.56 Å². The van der Waals surface area contributed by atoms with Gasteiger partial charge in [0.2, 0.25) is 15.9 Å². The van der Waals surface area contributed by atoms with Crippen LogP contribution in [0.4, 0.5) is 11.4 Å². The highest BCUT2D eigenvalue weighted by Gasteiger charge is 2.40. The third-order valence-corrected chi connectivity index (χ3v) is 7.90. The summed E-state index contributed by atoms with van der Waals surface area (Å²) in [6.07, 6.45) is 0.990. The van der Waals surface area contributed by atoms with Crippen molar-refractivity contribution in [1.29, 1.82) is 0 Å². The molecule has 2 heterocycles. The van der Waals surface area contributed by atoms with Gasteiger partial charge in [-0.2, -0.15) is 4.31 Å². The number of nitrogens with zero attached hydrogens (tertiary/aromatic N) is 1. The van der Waals surface area contributed by atoms with Crippen LogP contribution in [-0.4, -0.2) is 43.7 Å². The number of hydrogen-bond acceptors (Lipinski definition) is 5. The van der Waals surface area contributed by atoms with Crippen molar-refractivity contribution in [3.63, 3.8) is 0 Å². The van der Waals surface area contributed by atoms with E-state index in [9.17, 15) is 18.0 Å². The molecule has 2 aromatic carbocycles. The molecule has 0 bridgehead atoms. The number of carbonyl (C=O) groups excluding carboxylic acids is 2. The zero-order valence-electron chi connectivity index (χ0n) is 17.1. The van der Waals surface area contributed by atoms with E-state index in [2.05, 4.69) is 10.6 Å². The van der Waals surface area contributed by atoms with Gasteiger partial charge in [-0.1, -0.05) is 17.7 Å². The first kappa shape index (κ1) is 21.6. The molecule has 2 aliphatic rings. The van der Waals surface area contributed by atoms with E-state index >= 15 is 0 Å². The zero-order chi connectivity index (χ0) is 22.3. The van der Waals surface area contributed by atoms with Crippen LogP contribution in [0.2, 0.25) is 5.02 Å². The molecule has 0 radical (unpaired) electrons. The largest absolute Gasteiger partial charge is 0.482 e. The molecular weight excluding hydrogens is 442 g/mol. The minimum atomic E-state index is -3.96. The van der Waals surface area contributed by atoms with Gasteiger partial charge in [0, 0.05) is 23.3 Å². The predicted molar refractivity (Wildman–Crippen MR) is 117 cm³/mol. The molecule has 2 N–H and O–H groups in total. The van der Waals surface area contributed by atoms with E-state index in [1.165, 1.54) is 10.4 Å². The van der Waals surface area contributed by atoms with Gasteiger partial charge in [-0.05, 0) is 56.0 Å². The molecule has 0 aliphatic carbocycles. The summed E-state index contributed by atoms with van der Waals surface area (Å²) in [4.78, 5) is 24.5. The third-order valence-electron chi connectivity index (χ3n) is 5.44. The molecule has 2 aromatic rings. The van der Waals surface area contributed by atoms with Gasteiger partial charge in [-0.15, -0.1) is 0 Å². The summed E-state index contributed by atoms with van der Waals surface area (Å²) in [6, 6.07) is 7.30. The molecule has 4 rings (SSSR count). The lowest BCUT2D eigenvalue weighted by Gasteiger charge is -2.26. The van der Waals surface area contributed by atoms with Crippen LogP contribution in [0.3, 0.4) is 0 Å². The standard InChI is InChI=1S/C21H22ClN3O5S/c1-12-5-6-14(9-15(12)22)23-21(27)17-4-3-7-25(17)31(28,29)19-10-18-16(8-13(19)2)24-20(26)11-30-18/h5-6,8-10,17H,3-4,7,11H2,1-2H3,(H,23,27)(H,24,26)/t17-/m0/s1. The van der Waals surface area contributed by atoms with E-state index in [1.807, 2.05) is 6.92 Å². The van der Waals surface area contributed by atoms with Gasteiger partial charge in [0.1, 0.15) is 11.8 Å². The number of hydrogen-bond donors (Lipinski definition) is 2. The molecule has 1 saturated heterocycles. The molecule has 1 atom stereocenters. The molecule has 31 heavy (non-hydrogen) atoms. The highest BCUT2D eigenvalue weighted by molar-refractivity contribution is 7.89. The first-order valence-electron chi connectivity index (χ1n) is 9.83. The van der Waals surface area contributed by atoms with Gasteiger partial charge in [0.05, 0.1) is 10.6 Å². The summed E-state index contributed by atoms with van der Waals surface area (Å²) in [5.74, 6) is -0.409. The van der Waals surface area contributed by atoms with Gasteiger partial charge in [-0.25, -0.2) is 8.42 Å². The quantitative estimate of drug-likeness (QED) is 0.725. The van der Waals surface area contributed by atoms with Gasteiger partial charge >= 0.3 is 0 Å². The molecule has 0 unspecified atom stereocenters. The number of nitrogens with one attached hydrogen (secondary N) is 2. The summed E-state index contributed by atoms with van der Waals surface area (Å²) in [5.41, 5.74) is 2.28. The fourth-order valence-corrected chi connectivity index (χ4v) is 5.87. The Labute approximate surface area is 185 Å². The maximum Gasteiger partial charge on any atom is 0.262 e. The SMILES string of the molecule is Cc1ccc(NC(=O)[C@@H]2CCCN2S(=O)(=O)c2cc3c(cc2C)NC(=O)CO3)cc1Cl. The average Bonchev–Trinajstić information content (AvgIpc) is 3.21. The average molecular weight is 464 g/mol. The van der Waals surface area contributed by atoms with Crippen molar-refractivity contribution in [3.8, 4) is 5.75 Å².